The quantitative estimate of drug-likeness (QED) is 0.235. The molecule has 0 saturated heterocycles. The van der Waals surface area contributed by atoms with E-state index in [9.17, 15) is 10.1 Å². The Morgan fingerprint density at radius 1 is 1.36 bits per heavy atom. The van der Waals surface area contributed by atoms with Crippen LogP contribution in [0.1, 0.15) is 52.6 Å². The number of nitrogens with zero attached hydrogens (tertiary/aromatic N) is 4. The third-order valence-electron chi connectivity index (χ3n) is 5.85. The molecule has 0 aliphatic heterocycles. The van der Waals surface area contributed by atoms with Crippen LogP contribution in [0.5, 0.6) is 0 Å². The van der Waals surface area contributed by atoms with Crippen LogP contribution in [0.3, 0.4) is 0 Å². The van der Waals surface area contributed by atoms with Crippen molar-refractivity contribution in [1.29, 1.82) is 5.26 Å². The van der Waals surface area contributed by atoms with Crippen LogP contribution in [-0.4, -0.2) is 26.4 Å². The van der Waals surface area contributed by atoms with Crippen molar-refractivity contribution < 1.29 is 4.79 Å². The van der Waals surface area contributed by atoms with Crippen molar-refractivity contribution in [3.8, 4) is 17.5 Å². The lowest BCUT2D eigenvalue weighted by Gasteiger charge is -2.09. The van der Waals surface area contributed by atoms with Gasteiger partial charge in [-0.1, -0.05) is 31.2 Å². The first-order chi connectivity index (χ1) is 16.1. The number of aryl methyl sites for hydroxylation is 2. The molecule has 4 rings (SSSR count). The summed E-state index contributed by atoms with van der Waals surface area (Å²) in [5.74, 6) is 0.877. The molecule has 3 heterocycles. The molecule has 1 aliphatic rings. The Balaban J connectivity index is 1.50. The van der Waals surface area contributed by atoms with Gasteiger partial charge in [0.05, 0.1) is 11.3 Å². The molecule has 3 aromatic rings. The maximum Gasteiger partial charge on any atom is 0.235 e. The van der Waals surface area contributed by atoms with Gasteiger partial charge in [0, 0.05) is 27.2 Å². The molecule has 0 spiro atoms. The number of nitrogens with one attached hydrogen (secondary N) is 1. The van der Waals surface area contributed by atoms with Crippen LogP contribution in [0.2, 0.25) is 0 Å². The topological polar surface area (TPSA) is 83.6 Å². The molecule has 33 heavy (non-hydrogen) atoms. The molecule has 0 fully saturated rings. The molecule has 3 aromatic heterocycles. The zero-order valence-electron chi connectivity index (χ0n) is 18.9. The van der Waals surface area contributed by atoms with Crippen molar-refractivity contribution in [2.24, 2.45) is 0 Å². The second-order valence-corrected chi connectivity index (χ2v) is 11.1. The summed E-state index contributed by atoms with van der Waals surface area (Å²) < 4.78 is 2.01. The van der Waals surface area contributed by atoms with Gasteiger partial charge in [-0.3, -0.25) is 9.36 Å². The lowest BCUT2D eigenvalue weighted by molar-refractivity contribution is -0.113. The second kappa shape index (κ2) is 10.7. The number of thioether (sulfide) groups is 1. The van der Waals surface area contributed by atoms with Gasteiger partial charge >= 0.3 is 0 Å². The fraction of sp³-hybridized carbons (Fsp3) is 0.417. The number of nitriles is 1. The summed E-state index contributed by atoms with van der Waals surface area (Å²) in [6.07, 6.45) is 8.12. The van der Waals surface area contributed by atoms with E-state index < -0.39 is 0 Å². The van der Waals surface area contributed by atoms with Crippen molar-refractivity contribution in [2.75, 3.05) is 11.1 Å². The summed E-state index contributed by atoms with van der Waals surface area (Å²) in [7, 11) is 0. The molecule has 172 valence electrons. The third-order valence-corrected chi connectivity index (χ3v) is 8.97. The summed E-state index contributed by atoms with van der Waals surface area (Å²) in [6.45, 7) is 8.72. The number of rotatable bonds is 8. The molecule has 0 aromatic carbocycles. The van der Waals surface area contributed by atoms with Gasteiger partial charge in [0.2, 0.25) is 5.91 Å². The summed E-state index contributed by atoms with van der Waals surface area (Å²) in [6, 6.07) is 2.32. The molecule has 1 N–H and O–H groups in total. The summed E-state index contributed by atoms with van der Waals surface area (Å²) in [5, 5.41) is 25.0. The van der Waals surface area contributed by atoms with Crippen molar-refractivity contribution in [1.82, 2.24) is 14.8 Å². The molecular formula is C24H27N5OS3. The zero-order valence-corrected chi connectivity index (χ0v) is 21.4. The molecule has 0 unspecified atom stereocenters. The monoisotopic (exact) mass is 497 g/mol. The lowest BCUT2D eigenvalue weighted by atomic mass is 10.1. The maximum atomic E-state index is 12.8. The number of fused-ring (bicyclic) bond motifs is 1. The highest BCUT2D eigenvalue weighted by Gasteiger charge is 2.22. The standard InChI is InChI=1S/C24H27N5OS3/c1-4-11-29-22(19-13-31-15(3)16(19)5-2)27-28-24(29)32-14-21(30)26-23-18(12-25)17-9-7-6-8-10-20(17)33-23/h4,13H,1,5-11,14H2,2-3H3,(H,26,30). The normalized spacial score (nSPS) is 13.2. The van der Waals surface area contributed by atoms with Crippen LogP contribution in [0.15, 0.2) is 23.2 Å². The fourth-order valence-electron chi connectivity index (χ4n) is 4.24. The lowest BCUT2D eigenvalue weighted by Crippen LogP contribution is -2.14. The Morgan fingerprint density at radius 2 is 2.18 bits per heavy atom. The van der Waals surface area contributed by atoms with E-state index in [1.54, 1.807) is 22.7 Å². The van der Waals surface area contributed by atoms with Gasteiger partial charge in [-0.25, -0.2) is 0 Å². The van der Waals surface area contributed by atoms with Gasteiger partial charge in [-0.2, -0.15) is 5.26 Å². The molecule has 9 heteroatoms. The number of hydrogen-bond acceptors (Lipinski definition) is 7. The molecule has 0 bridgehead atoms. The molecule has 0 radical (unpaired) electrons. The van der Waals surface area contributed by atoms with Crippen molar-refractivity contribution >= 4 is 45.3 Å². The van der Waals surface area contributed by atoms with E-state index >= 15 is 0 Å². The number of allylic oxidation sites excluding steroid dienone is 1. The minimum Gasteiger partial charge on any atom is -0.316 e. The van der Waals surface area contributed by atoms with Crippen molar-refractivity contribution in [3.63, 3.8) is 0 Å². The average molecular weight is 498 g/mol. The predicted octanol–water partition coefficient (Wildman–Crippen LogP) is 6.00. The van der Waals surface area contributed by atoms with Gasteiger partial charge in [-0.15, -0.1) is 39.4 Å². The fourth-order valence-corrected chi connectivity index (χ4v) is 7.18. The van der Waals surface area contributed by atoms with Crippen LogP contribution in [-0.2, 0) is 30.6 Å². The minimum absolute atomic E-state index is 0.136. The summed E-state index contributed by atoms with van der Waals surface area (Å²) >= 11 is 4.64. The molecular weight excluding hydrogens is 470 g/mol. The average Bonchev–Trinajstić information content (AvgIpc) is 3.42. The first kappa shape index (κ1) is 23.7. The maximum absolute atomic E-state index is 12.8. The molecule has 0 saturated carbocycles. The van der Waals surface area contributed by atoms with Crippen molar-refractivity contribution in [2.45, 2.75) is 64.1 Å². The Labute approximate surface area is 206 Å². The SMILES string of the molecule is C=CCn1c(SCC(=O)Nc2sc3c(c2C#N)CCCCC3)nnc1-c1csc(C)c1CC. The number of amides is 1. The summed E-state index contributed by atoms with van der Waals surface area (Å²) in [4.78, 5) is 15.3. The molecule has 1 amide bonds. The summed E-state index contributed by atoms with van der Waals surface area (Å²) in [5.41, 5.74) is 4.17. The van der Waals surface area contributed by atoms with Crippen LogP contribution < -0.4 is 5.32 Å². The van der Waals surface area contributed by atoms with Gasteiger partial charge in [0.1, 0.15) is 11.1 Å². The highest BCUT2D eigenvalue weighted by Crippen LogP contribution is 2.37. The minimum atomic E-state index is -0.136. The van der Waals surface area contributed by atoms with Crippen LogP contribution in [0, 0.1) is 18.3 Å². The number of carbonyl (C=O) groups is 1. The Kier molecular flexibility index (Phi) is 7.68. The number of thiophene rings is 2. The number of carbonyl (C=O) groups excluding carboxylic acids is 1. The van der Waals surface area contributed by atoms with Gasteiger partial charge < -0.3 is 5.32 Å². The highest BCUT2D eigenvalue weighted by atomic mass is 32.2. The Hall–Kier alpha value is -2.41. The van der Waals surface area contributed by atoms with E-state index in [-0.39, 0.29) is 11.7 Å². The van der Waals surface area contributed by atoms with Crippen molar-refractivity contribution in [3.05, 3.63) is 44.5 Å². The van der Waals surface area contributed by atoms with E-state index in [4.69, 9.17) is 0 Å². The van der Waals surface area contributed by atoms with E-state index in [0.717, 1.165) is 49.1 Å². The molecule has 1 aliphatic carbocycles. The van der Waals surface area contributed by atoms with Gasteiger partial charge in [0.15, 0.2) is 11.0 Å². The largest absolute Gasteiger partial charge is 0.316 e. The number of hydrogen-bond donors (Lipinski definition) is 1. The Bertz CT molecular complexity index is 1210. The number of aromatic nitrogens is 3. The first-order valence-electron chi connectivity index (χ1n) is 11.2. The predicted molar refractivity (Wildman–Crippen MR) is 137 cm³/mol. The first-order valence-corrected chi connectivity index (χ1v) is 13.8. The van der Waals surface area contributed by atoms with E-state index in [1.807, 2.05) is 10.6 Å². The van der Waals surface area contributed by atoms with Crippen LogP contribution in [0.4, 0.5) is 5.00 Å². The third kappa shape index (κ3) is 4.93. The molecule has 6 nitrogen and oxygen atoms in total. The number of anilines is 1. The van der Waals surface area contributed by atoms with Crippen LogP contribution in [0.25, 0.3) is 11.4 Å². The Morgan fingerprint density at radius 3 is 2.94 bits per heavy atom. The van der Waals surface area contributed by atoms with E-state index in [0.29, 0.717) is 22.3 Å². The van der Waals surface area contributed by atoms with E-state index in [2.05, 4.69) is 47.4 Å². The van der Waals surface area contributed by atoms with E-state index in [1.165, 1.54) is 33.5 Å². The highest BCUT2D eigenvalue weighted by molar-refractivity contribution is 7.99. The van der Waals surface area contributed by atoms with Crippen LogP contribution >= 0.6 is 34.4 Å². The smallest absolute Gasteiger partial charge is 0.235 e. The second-order valence-electron chi connectivity index (χ2n) is 7.96. The van der Waals surface area contributed by atoms with Gasteiger partial charge in [-0.05, 0) is 50.2 Å². The van der Waals surface area contributed by atoms with Gasteiger partial charge in [0.25, 0.3) is 0 Å². The molecule has 0 atom stereocenters. The zero-order chi connectivity index (χ0) is 23.4.